The highest BCUT2D eigenvalue weighted by molar-refractivity contribution is 7.92. The van der Waals surface area contributed by atoms with Gasteiger partial charge in [-0.25, -0.2) is 18.2 Å². The number of carbonyl (C=O) groups excluding carboxylic acids is 1. The molecule has 1 heterocycles. The van der Waals surface area contributed by atoms with Crippen LogP contribution in [0.4, 0.5) is 5.82 Å². The van der Waals surface area contributed by atoms with Crippen molar-refractivity contribution in [2.24, 2.45) is 0 Å². The van der Waals surface area contributed by atoms with Crippen molar-refractivity contribution >= 4 is 33.4 Å². The molecule has 0 N–H and O–H groups in total. The van der Waals surface area contributed by atoms with Crippen molar-refractivity contribution in [1.82, 2.24) is 9.97 Å². The summed E-state index contributed by atoms with van der Waals surface area (Å²) in [5, 5.41) is -0.0135. The van der Waals surface area contributed by atoms with E-state index in [1.807, 2.05) is 0 Å². The Morgan fingerprint density at radius 1 is 1.32 bits per heavy atom. The number of esters is 1. The highest BCUT2D eigenvalue weighted by atomic mass is 35.5. The molecule has 22 heavy (non-hydrogen) atoms. The van der Waals surface area contributed by atoms with E-state index in [9.17, 15) is 13.2 Å². The van der Waals surface area contributed by atoms with Gasteiger partial charge in [0.05, 0.1) is 28.8 Å². The molecule has 9 heteroatoms. The number of methoxy groups -OCH3 is 1. The van der Waals surface area contributed by atoms with Crippen LogP contribution in [-0.2, 0) is 14.8 Å². The number of rotatable bonds is 4. The molecule has 2 rings (SSSR count). The zero-order valence-electron chi connectivity index (χ0n) is 11.7. The van der Waals surface area contributed by atoms with Gasteiger partial charge in [0.25, 0.3) is 10.0 Å². The van der Waals surface area contributed by atoms with Crippen LogP contribution in [0.5, 0.6) is 0 Å². The van der Waals surface area contributed by atoms with Crippen LogP contribution >= 0.6 is 11.6 Å². The topological polar surface area (TPSA) is 89.5 Å². The maximum absolute atomic E-state index is 12.5. The third-order valence-electron chi connectivity index (χ3n) is 2.88. The van der Waals surface area contributed by atoms with E-state index in [0.29, 0.717) is 0 Å². The van der Waals surface area contributed by atoms with Crippen molar-refractivity contribution < 1.29 is 17.9 Å². The molecule has 0 radical (unpaired) electrons. The number of anilines is 1. The summed E-state index contributed by atoms with van der Waals surface area (Å²) in [7, 11) is -1.31. The van der Waals surface area contributed by atoms with Gasteiger partial charge in [0, 0.05) is 19.4 Å². The molecule has 0 fully saturated rings. The van der Waals surface area contributed by atoms with Crippen molar-refractivity contribution in [3.05, 3.63) is 47.4 Å². The average molecular weight is 342 g/mol. The molecule has 0 bridgehead atoms. The number of benzene rings is 1. The summed E-state index contributed by atoms with van der Waals surface area (Å²) in [6.45, 7) is 0. The lowest BCUT2D eigenvalue weighted by molar-refractivity contribution is 0.0601. The fourth-order valence-corrected chi connectivity index (χ4v) is 3.15. The van der Waals surface area contributed by atoms with Crippen molar-refractivity contribution in [2.45, 2.75) is 4.90 Å². The highest BCUT2D eigenvalue weighted by Crippen LogP contribution is 2.25. The predicted molar refractivity (Wildman–Crippen MR) is 80.4 cm³/mol. The Bertz CT molecular complexity index is 796. The Balaban J connectivity index is 2.42. The van der Waals surface area contributed by atoms with E-state index in [-0.39, 0.29) is 21.3 Å². The maximum atomic E-state index is 12.5. The first-order valence-corrected chi connectivity index (χ1v) is 7.82. The third-order valence-corrected chi connectivity index (χ3v) is 4.95. The first-order chi connectivity index (χ1) is 10.4. The van der Waals surface area contributed by atoms with Gasteiger partial charge in [0.1, 0.15) is 0 Å². The summed E-state index contributed by atoms with van der Waals surface area (Å²) < 4.78 is 30.6. The van der Waals surface area contributed by atoms with Crippen LogP contribution in [0.15, 0.2) is 41.7 Å². The van der Waals surface area contributed by atoms with Crippen LogP contribution in [0.1, 0.15) is 10.4 Å². The predicted octanol–water partition coefficient (Wildman–Crippen LogP) is 1.74. The van der Waals surface area contributed by atoms with Crippen LogP contribution in [0.2, 0.25) is 5.02 Å². The van der Waals surface area contributed by atoms with Gasteiger partial charge < -0.3 is 4.74 Å². The summed E-state index contributed by atoms with van der Waals surface area (Å²) in [5.74, 6) is -0.480. The molecule has 2 aromatic rings. The first kappa shape index (κ1) is 16.2. The number of nitrogens with zero attached hydrogens (tertiary/aromatic N) is 3. The minimum Gasteiger partial charge on any atom is -0.465 e. The van der Waals surface area contributed by atoms with E-state index in [1.54, 1.807) is 0 Å². The average Bonchev–Trinajstić information content (AvgIpc) is 2.54. The molecule has 0 aliphatic heterocycles. The number of sulfonamides is 1. The van der Waals surface area contributed by atoms with Crippen molar-refractivity contribution in [3.63, 3.8) is 0 Å². The molecule has 7 nitrogen and oxygen atoms in total. The maximum Gasteiger partial charge on any atom is 0.339 e. The number of ether oxygens (including phenoxy) is 1. The molecular formula is C13H12ClN3O4S. The minimum atomic E-state index is -3.87. The van der Waals surface area contributed by atoms with Crippen LogP contribution in [0.3, 0.4) is 0 Å². The molecule has 1 aromatic heterocycles. The standard InChI is InChI=1S/C13H12ClN3O4S/c1-17(12-8-15-5-6-16-12)22(19,20)9-3-4-10(11(14)7-9)13(18)21-2/h3-8H,1-2H3. The van der Waals surface area contributed by atoms with Crippen molar-refractivity contribution in [3.8, 4) is 0 Å². The van der Waals surface area contributed by atoms with Gasteiger partial charge in [-0.05, 0) is 18.2 Å². The Hall–Kier alpha value is -2.19. The lowest BCUT2D eigenvalue weighted by Gasteiger charge is -2.18. The number of aromatic nitrogens is 2. The molecule has 0 spiro atoms. The molecule has 116 valence electrons. The summed E-state index contributed by atoms with van der Waals surface area (Å²) in [6.07, 6.45) is 4.14. The number of hydrogen-bond acceptors (Lipinski definition) is 6. The smallest absolute Gasteiger partial charge is 0.339 e. The second kappa shape index (κ2) is 6.29. The SMILES string of the molecule is COC(=O)c1ccc(S(=O)(=O)N(C)c2cnccn2)cc1Cl. The number of carbonyl (C=O) groups is 1. The normalized spacial score (nSPS) is 11.0. The second-order valence-electron chi connectivity index (χ2n) is 4.17. The quantitative estimate of drug-likeness (QED) is 0.787. The summed E-state index contributed by atoms with van der Waals surface area (Å²) in [4.78, 5) is 19.1. The van der Waals surface area contributed by atoms with E-state index in [1.165, 1.54) is 50.9 Å². The van der Waals surface area contributed by atoms with Gasteiger partial charge in [0.2, 0.25) is 0 Å². The Morgan fingerprint density at radius 3 is 2.59 bits per heavy atom. The summed E-state index contributed by atoms with van der Waals surface area (Å²) in [6, 6.07) is 3.77. The monoisotopic (exact) mass is 341 g/mol. The van der Waals surface area contributed by atoms with Gasteiger partial charge in [-0.15, -0.1) is 0 Å². The molecule has 0 aliphatic rings. The van der Waals surface area contributed by atoms with Gasteiger partial charge in [-0.1, -0.05) is 11.6 Å². The van der Waals surface area contributed by atoms with Gasteiger partial charge in [0.15, 0.2) is 5.82 Å². The van der Waals surface area contributed by atoms with Gasteiger partial charge in [-0.3, -0.25) is 9.29 Å². The zero-order chi connectivity index (χ0) is 16.3. The fourth-order valence-electron chi connectivity index (χ4n) is 1.67. The summed E-state index contributed by atoms with van der Waals surface area (Å²) >= 11 is 5.95. The lowest BCUT2D eigenvalue weighted by atomic mass is 10.2. The van der Waals surface area contributed by atoms with Crippen LogP contribution < -0.4 is 4.31 Å². The lowest BCUT2D eigenvalue weighted by Crippen LogP contribution is -2.27. The molecule has 0 atom stereocenters. The molecule has 0 saturated carbocycles. The molecule has 0 unspecified atom stereocenters. The Kier molecular flexibility index (Phi) is 4.62. The fraction of sp³-hybridized carbons (Fsp3) is 0.154. The largest absolute Gasteiger partial charge is 0.465 e. The van der Waals surface area contributed by atoms with E-state index in [2.05, 4.69) is 14.7 Å². The van der Waals surface area contributed by atoms with Crippen molar-refractivity contribution in [1.29, 1.82) is 0 Å². The van der Waals surface area contributed by atoms with E-state index >= 15 is 0 Å². The van der Waals surface area contributed by atoms with Crippen LogP contribution in [-0.4, -0.2) is 38.5 Å². The van der Waals surface area contributed by atoms with E-state index in [4.69, 9.17) is 11.6 Å². The van der Waals surface area contributed by atoms with Crippen molar-refractivity contribution in [2.75, 3.05) is 18.5 Å². The molecule has 0 aliphatic carbocycles. The third kappa shape index (κ3) is 3.02. The van der Waals surface area contributed by atoms with Gasteiger partial charge in [-0.2, -0.15) is 0 Å². The van der Waals surface area contributed by atoms with Crippen LogP contribution in [0, 0.1) is 0 Å². The number of hydrogen-bond donors (Lipinski definition) is 0. The molecule has 0 amide bonds. The second-order valence-corrected chi connectivity index (χ2v) is 6.55. The number of halogens is 1. The molecule has 0 saturated heterocycles. The molecule has 1 aromatic carbocycles. The highest BCUT2D eigenvalue weighted by Gasteiger charge is 2.24. The van der Waals surface area contributed by atoms with E-state index < -0.39 is 16.0 Å². The van der Waals surface area contributed by atoms with Crippen LogP contribution in [0.25, 0.3) is 0 Å². The van der Waals surface area contributed by atoms with Gasteiger partial charge >= 0.3 is 5.97 Å². The molecular weight excluding hydrogens is 330 g/mol. The summed E-state index contributed by atoms with van der Waals surface area (Å²) in [5.41, 5.74) is 0.0882. The Morgan fingerprint density at radius 2 is 2.05 bits per heavy atom. The van der Waals surface area contributed by atoms with E-state index in [0.717, 1.165) is 4.31 Å². The minimum absolute atomic E-state index is 0.0135. The first-order valence-electron chi connectivity index (χ1n) is 6.00. The zero-order valence-corrected chi connectivity index (χ0v) is 13.3. The Labute approximate surface area is 132 Å².